The van der Waals surface area contributed by atoms with Crippen molar-refractivity contribution < 1.29 is 0 Å². The van der Waals surface area contributed by atoms with Gasteiger partial charge in [0.05, 0.1) is 0 Å². The van der Waals surface area contributed by atoms with E-state index < -0.39 is 0 Å². The minimum atomic E-state index is 0.846. The molecule has 1 aromatic carbocycles. The predicted molar refractivity (Wildman–Crippen MR) is 84.9 cm³/mol. The predicted octanol–water partition coefficient (Wildman–Crippen LogP) is 4.19. The van der Waals surface area contributed by atoms with E-state index in [1.165, 1.54) is 5.69 Å². The van der Waals surface area contributed by atoms with E-state index >= 15 is 0 Å². The monoisotopic (exact) mass is 333 g/mol. The van der Waals surface area contributed by atoms with Crippen LogP contribution in [0.1, 0.15) is 0 Å². The minimum absolute atomic E-state index is 0.846. The van der Waals surface area contributed by atoms with Crippen LogP contribution in [0.4, 0.5) is 5.69 Å². The van der Waals surface area contributed by atoms with E-state index in [9.17, 15) is 0 Å². The highest BCUT2D eigenvalue weighted by Gasteiger charge is 2.07. The fourth-order valence-corrected chi connectivity index (χ4v) is 3.19. The van der Waals surface area contributed by atoms with Gasteiger partial charge in [0.1, 0.15) is 20.0 Å². The van der Waals surface area contributed by atoms with Crippen LogP contribution in [-0.4, -0.2) is 24.1 Å². The standard InChI is InChI=1S/C14H12BrN3S/c1-18(2)10-5-3-9(4-6-10)13-16-11-7-8-12(15)17-14(11)19-13/h3-8H,1-2H3. The molecule has 0 saturated heterocycles. The number of nitrogens with zero attached hydrogens (tertiary/aromatic N) is 3. The largest absolute Gasteiger partial charge is 0.378 e. The minimum Gasteiger partial charge on any atom is -0.378 e. The molecule has 0 atom stereocenters. The molecule has 0 radical (unpaired) electrons. The molecule has 3 rings (SSSR count). The Morgan fingerprint density at radius 1 is 1.00 bits per heavy atom. The number of anilines is 1. The quantitative estimate of drug-likeness (QED) is 0.658. The molecule has 2 aromatic heterocycles. The third kappa shape index (κ3) is 2.48. The summed E-state index contributed by atoms with van der Waals surface area (Å²) in [4.78, 5) is 12.1. The van der Waals surface area contributed by atoms with Crippen LogP contribution >= 0.6 is 27.3 Å². The zero-order valence-corrected chi connectivity index (χ0v) is 13.0. The number of halogens is 1. The molecule has 0 aliphatic heterocycles. The second-order valence-electron chi connectivity index (χ2n) is 4.42. The summed E-state index contributed by atoms with van der Waals surface area (Å²) in [6, 6.07) is 12.3. The average Bonchev–Trinajstić information content (AvgIpc) is 2.81. The van der Waals surface area contributed by atoms with Crippen molar-refractivity contribution in [2.24, 2.45) is 0 Å². The fourth-order valence-electron chi connectivity index (χ4n) is 1.82. The summed E-state index contributed by atoms with van der Waals surface area (Å²) >= 11 is 5.00. The first-order chi connectivity index (χ1) is 9.13. The molecular formula is C14H12BrN3S. The lowest BCUT2D eigenvalue weighted by atomic mass is 10.2. The van der Waals surface area contributed by atoms with Crippen molar-refractivity contribution >= 4 is 43.3 Å². The second kappa shape index (κ2) is 4.90. The van der Waals surface area contributed by atoms with E-state index in [0.717, 1.165) is 25.5 Å². The highest BCUT2D eigenvalue weighted by Crippen LogP contribution is 2.30. The van der Waals surface area contributed by atoms with Crippen molar-refractivity contribution in [2.45, 2.75) is 0 Å². The number of benzene rings is 1. The van der Waals surface area contributed by atoms with Crippen molar-refractivity contribution in [1.29, 1.82) is 0 Å². The van der Waals surface area contributed by atoms with Gasteiger partial charge in [0.2, 0.25) is 0 Å². The molecule has 2 heterocycles. The van der Waals surface area contributed by atoms with Gasteiger partial charge >= 0.3 is 0 Å². The molecular weight excluding hydrogens is 322 g/mol. The molecule has 19 heavy (non-hydrogen) atoms. The van der Waals surface area contributed by atoms with Gasteiger partial charge in [0, 0.05) is 25.3 Å². The summed E-state index contributed by atoms with van der Waals surface area (Å²) in [5.74, 6) is 0. The molecule has 0 bridgehead atoms. The van der Waals surface area contributed by atoms with E-state index in [4.69, 9.17) is 0 Å². The number of fused-ring (bicyclic) bond motifs is 1. The van der Waals surface area contributed by atoms with Crippen LogP contribution in [0.3, 0.4) is 0 Å². The maximum atomic E-state index is 4.62. The molecule has 0 saturated carbocycles. The summed E-state index contributed by atoms with van der Waals surface area (Å²) in [5.41, 5.74) is 3.26. The molecule has 0 N–H and O–H groups in total. The van der Waals surface area contributed by atoms with E-state index in [1.807, 2.05) is 26.2 Å². The molecule has 0 fully saturated rings. The lowest BCUT2D eigenvalue weighted by molar-refractivity contribution is 1.13. The van der Waals surface area contributed by atoms with E-state index in [2.05, 4.69) is 55.1 Å². The second-order valence-corrected chi connectivity index (χ2v) is 6.21. The fraction of sp³-hybridized carbons (Fsp3) is 0.143. The molecule has 0 aliphatic rings. The molecule has 0 unspecified atom stereocenters. The molecule has 96 valence electrons. The topological polar surface area (TPSA) is 29.0 Å². The van der Waals surface area contributed by atoms with Crippen molar-refractivity contribution in [3.8, 4) is 10.6 Å². The van der Waals surface area contributed by atoms with Crippen LogP contribution in [0.25, 0.3) is 20.9 Å². The zero-order chi connectivity index (χ0) is 13.4. The van der Waals surface area contributed by atoms with Crippen LogP contribution in [0.2, 0.25) is 0 Å². The Morgan fingerprint density at radius 2 is 1.74 bits per heavy atom. The van der Waals surface area contributed by atoms with Gasteiger partial charge in [-0.25, -0.2) is 9.97 Å². The molecule has 3 nitrogen and oxygen atoms in total. The first kappa shape index (κ1) is 12.6. The van der Waals surface area contributed by atoms with Gasteiger partial charge in [-0.05, 0) is 52.3 Å². The van der Waals surface area contributed by atoms with Gasteiger partial charge < -0.3 is 4.90 Å². The van der Waals surface area contributed by atoms with Crippen LogP contribution in [0.5, 0.6) is 0 Å². The Labute approximate surface area is 124 Å². The lowest BCUT2D eigenvalue weighted by Gasteiger charge is -2.11. The van der Waals surface area contributed by atoms with E-state index in [-0.39, 0.29) is 0 Å². The molecule has 3 aromatic rings. The SMILES string of the molecule is CN(C)c1ccc(-c2nc3ccc(Br)nc3s2)cc1. The number of aromatic nitrogens is 2. The third-order valence-corrected chi connectivity index (χ3v) is 4.31. The van der Waals surface area contributed by atoms with Gasteiger partial charge in [-0.15, -0.1) is 0 Å². The number of pyridine rings is 1. The van der Waals surface area contributed by atoms with E-state index in [1.54, 1.807) is 11.3 Å². The van der Waals surface area contributed by atoms with Crippen molar-refractivity contribution in [2.75, 3.05) is 19.0 Å². The lowest BCUT2D eigenvalue weighted by Crippen LogP contribution is -2.07. The van der Waals surface area contributed by atoms with Gasteiger partial charge in [-0.3, -0.25) is 0 Å². The Bertz CT molecular complexity index is 719. The highest BCUT2D eigenvalue weighted by molar-refractivity contribution is 9.10. The Morgan fingerprint density at radius 3 is 2.42 bits per heavy atom. The average molecular weight is 334 g/mol. The van der Waals surface area contributed by atoms with E-state index in [0.29, 0.717) is 0 Å². The Hall–Kier alpha value is -1.46. The molecule has 5 heteroatoms. The summed E-state index contributed by atoms with van der Waals surface area (Å²) in [6.45, 7) is 0. The normalized spacial score (nSPS) is 10.9. The molecule has 0 aliphatic carbocycles. The van der Waals surface area contributed by atoms with Crippen LogP contribution in [0.15, 0.2) is 41.0 Å². The highest BCUT2D eigenvalue weighted by atomic mass is 79.9. The Balaban J connectivity index is 2.03. The summed E-state index contributed by atoms with van der Waals surface area (Å²) < 4.78 is 0.846. The smallest absolute Gasteiger partial charge is 0.145 e. The molecule has 0 amide bonds. The Kier molecular flexibility index (Phi) is 3.24. The van der Waals surface area contributed by atoms with Gasteiger partial charge in [-0.1, -0.05) is 11.3 Å². The van der Waals surface area contributed by atoms with Gasteiger partial charge in [0.15, 0.2) is 0 Å². The van der Waals surface area contributed by atoms with Gasteiger partial charge in [-0.2, -0.15) is 0 Å². The summed E-state index contributed by atoms with van der Waals surface area (Å²) in [7, 11) is 4.07. The maximum Gasteiger partial charge on any atom is 0.145 e. The maximum absolute atomic E-state index is 4.62. The number of rotatable bonds is 2. The van der Waals surface area contributed by atoms with Crippen LogP contribution < -0.4 is 4.90 Å². The van der Waals surface area contributed by atoms with Crippen molar-refractivity contribution in [3.05, 3.63) is 41.0 Å². The summed E-state index contributed by atoms with van der Waals surface area (Å²) in [5, 5.41) is 1.01. The zero-order valence-electron chi connectivity index (χ0n) is 10.6. The van der Waals surface area contributed by atoms with Gasteiger partial charge in [0.25, 0.3) is 0 Å². The molecule has 0 spiro atoms. The number of thiazole rings is 1. The number of hydrogen-bond donors (Lipinski definition) is 0. The van der Waals surface area contributed by atoms with Crippen LogP contribution in [0, 0.1) is 0 Å². The van der Waals surface area contributed by atoms with Crippen LogP contribution in [-0.2, 0) is 0 Å². The third-order valence-electron chi connectivity index (χ3n) is 2.85. The van der Waals surface area contributed by atoms with Crippen molar-refractivity contribution in [3.63, 3.8) is 0 Å². The van der Waals surface area contributed by atoms with Crippen molar-refractivity contribution in [1.82, 2.24) is 9.97 Å². The first-order valence-corrected chi connectivity index (χ1v) is 7.45. The number of hydrogen-bond acceptors (Lipinski definition) is 4. The first-order valence-electron chi connectivity index (χ1n) is 5.84. The summed E-state index contributed by atoms with van der Waals surface area (Å²) in [6.07, 6.45) is 0.